The third-order valence-corrected chi connectivity index (χ3v) is 3.47. The second-order valence-electron chi connectivity index (χ2n) is 4.86. The summed E-state index contributed by atoms with van der Waals surface area (Å²) in [6, 6.07) is -0.143. The molecule has 2 N–H and O–H groups in total. The molecular formula is C11H19N3O. The molecule has 1 atom stereocenters. The lowest BCUT2D eigenvalue weighted by atomic mass is 9.93. The number of aliphatic imine (C=N–C) groups is 1. The highest BCUT2D eigenvalue weighted by atomic mass is 16.2. The molecule has 0 spiro atoms. The van der Waals surface area contributed by atoms with Crippen molar-refractivity contribution < 1.29 is 4.79 Å². The molecule has 0 aromatic carbocycles. The molecule has 84 valence electrons. The number of rotatable bonds is 4. The molecule has 1 heterocycles. The minimum atomic E-state index is -0.325. The van der Waals surface area contributed by atoms with Crippen LogP contribution >= 0.6 is 0 Å². The lowest BCUT2D eigenvalue weighted by Gasteiger charge is -2.34. The molecule has 0 radical (unpaired) electrons. The van der Waals surface area contributed by atoms with E-state index in [2.05, 4.69) is 11.9 Å². The normalized spacial score (nSPS) is 30.9. The van der Waals surface area contributed by atoms with Gasteiger partial charge in [0.05, 0.1) is 5.54 Å². The summed E-state index contributed by atoms with van der Waals surface area (Å²) in [6.45, 7) is 4.97. The molecule has 1 saturated carbocycles. The maximum atomic E-state index is 11.7. The SMILES string of the molecule is CCCC1(C)C(N)=NC(=O)N1CC1CC1. The Kier molecular flexibility index (Phi) is 2.44. The van der Waals surface area contributed by atoms with Crippen LogP contribution in [0.3, 0.4) is 0 Å². The number of nitrogens with two attached hydrogens (primary N) is 1. The second kappa shape index (κ2) is 3.51. The standard InChI is InChI=1S/C11H19N3O/c1-3-6-11(2)9(12)13-10(15)14(11)7-8-4-5-8/h8H,3-7H2,1-2H3,(H2,12,13,15). The van der Waals surface area contributed by atoms with E-state index >= 15 is 0 Å². The molecule has 15 heavy (non-hydrogen) atoms. The summed E-state index contributed by atoms with van der Waals surface area (Å²) >= 11 is 0. The Bertz CT molecular complexity index is 309. The first-order valence-corrected chi connectivity index (χ1v) is 5.74. The van der Waals surface area contributed by atoms with Gasteiger partial charge in [0.25, 0.3) is 0 Å². The number of hydrogen-bond acceptors (Lipinski definition) is 2. The van der Waals surface area contributed by atoms with Crippen molar-refractivity contribution in [2.45, 2.75) is 45.1 Å². The number of hydrogen-bond donors (Lipinski definition) is 1. The van der Waals surface area contributed by atoms with Gasteiger partial charge in [-0.15, -0.1) is 0 Å². The fraction of sp³-hybridized carbons (Fsp3) is 0.818. The Balaban J connectivity index is 2.15. The predicted molar refractivity (Wildman–Crippen MR) is 59.8 cm³/mol. The van der Waals surface area contributed by atoms with Crippen molar-refractivity contribution in [3.05, 3.63) is 0 Å². The van der Waals surface area contributed by atoms with E-state index in [0.717, 1.165) is 19.4 Å². The van der Waals surface area contributed by atoms with Gasteiger partial charge in [-0.2, -0.15) is 4.99 Å². The lowest BCUT2D eigenvalue weighted by molar-refractivity contribution is 0.169. The molecule has 4 heteroatoms. The number of urea groups is 1. The lowest BCUT2D eigenvalue weighted by Crippen LogP contribution is -2.52. The average molecular weight is 209 g/mol. The van der Waals surface area contributed by atoms with Gasteiger partial charge in [0.2, 0.25) is 0 Å². The van der Waals surface area contributed by atoms with Gasteiger partial charge in [0.1, 0.15) is 5.84 Å². The smallest absolute Gasteiger partial charge is 0.346 e. The maximum Gasteiger partial charge on any atom is 0.346 e. The van der Waals surface area contributed by atoms with Crippen molar-refractivity contribution in [1.29, 1.82) is 0 Å². The summed E-state index contributed by atoms with van der Waals surface area (Å²) in [7, 11) is 0. The van der Waals surface area contributed by atoms with Crippen molar-refractivity contribution in [1.82, 2.24) is 4.90 Å². The summed E-state index contributed by atoms with van der Waals surface area (Å²) in [5.41, 5.74) is 5.54. The van der Waals surface area contributed by atoms with Gasteiger partial charge in [-0.25, -0.2) is 4.79 Å². The molecule has 1 fully saturated rings. The molecule has 1 aliphatic carbocycles. The van der Waals surface area contributed by atoms with Crippen LogP contribution in [0.2, 0.25) is 0 Å². The van der Waals surface area contributed by atoms with E-state index in [4.69, 9.17) is 5.73 Å². The van der Waals surface area contributed by atoms with Crippen LogP contribution in [-0.2, 0) is 0 Å². The van der Waals surface area contributed by atoms with Gasteiger partial charge in [-0.3, -0.25) is 0 Å². The summed E-state index contributed by atoms with van der Waals surface area (Å²) in [5.74, 6) is 1.18. The zero-order chi connectivity index (χ0) is 11.1. The molecule has 2 amide bonds. The highest BCUT2D eigenvalue weighted by molar-refractivity contribution is 6.05. The topological polar surface area (TPSA) is 58.7 Å². The molecule has 0 saturated heterocycles. The van der Waals surface area contributed by atoms with Gasteiger partial charge >= 0.3 is 6.03 Å². The van der Waals surface area contributed by atoms with Crippen LogP contribution in [0.15, 0.2) is 4.99 Å². The highest BCUT2D eigenvalue weighted by Gasteiger charge is 2.45. The Morgan fingerprint density at radius 1 is 1.60 bits per heavy atom. The summed E-state index contributed by atoms with van der Waals surface area (Å²) in [5, 5.41) is 0. The number of amidine groups is 1. The van der Waals surface area contributed by atoms with Gasteiger partial charge in [0, 0.05) is 6.54 Å². The van der Waals surface area contributed by atoms with Crippen LogP contribution < -0.4 is 5.73 Å². The van der Waals surface area contributed by atoms with Crippen molar-refractivity contribution in [3.8, 4) is 0 Å². The van der Waals surface area contributed by atoms with E-state index < -0.39 is 0 Å². The average Bonchev–Trinajstić information content (AvgIpc) is 2.93. The molecule has 0 aromatic heterocycles. The summed E-state index contributed by atoms with van der Waals surface area (Å²) in [6.07, 6.45) is 4.40. The number of amides is 2. The zero-order valence-corrected chi connectivity index (χ0v) is 9.49. The molecular weight excluding hydrogens is 190 g/mol. The van der Waals surface area contributed by atoms with E-state index in [1.54, 1.807) is 0 Å². The summed E-state index contributed by atoms with van der Waals surface area (Å²) in [4.78, 5) is 17.5. The van der Waals surface area contributed by atoms with E-state index in [0.29, 0.717) is 11.8 Å². The largest absolute Gasteiger partial charge is 0.385 e. The van der Waals surface area contributed by atoms with Crippen LogP contribution in [0.4, 0.5) is 4.79 Å². The first-order chi connectivity index (χ1) is 7.08. The van der Waals surface area contributed by atoms with Crippen molar-refractivity contribution in [2.24, 2.45) is 16.6 Å². The van der Waals surface area contributed by atoms with E-state index in [1.807, 2.05) is 11.8 Å². The van der Waals surface area contributed by atoms with Crippen LogP contribution in [0.5, 0.6) is 0 Å². The fourth-order valence-corrected chi connectivity index (χ4v) is 2.22. The second-order valence-corrected chi connectivity index (χ2v) is 4.86. The first kappa shape index (κ1) is 10.5. The van der Waals surface area contributed by atoms with E-state index in [9.17, 15) is 4.79 Å². The van der Waals surface area contributed by atoms with Gasteiger partial charge in [0.15, 0.2) is 0 Å². The number of carbonyl (C=O) groups excluding carboxylic acids is 1. The van der Waals surface area contributed by atoms with Gasteiger partial charge in [-0.05, 0) is 32.1 Å². The monoisotopic (exact) mass is 209 g/mol. The fourth-order valence-electron chi connectivity index (χ4n) is 2.22. The minimum Gasteiger partial charge on any atom is -0.385 e. The van der Waals surface area contributed by atoms with E-state index in [-0.39, 0.29) is 11.6 Å². The van der Waals surface area contributed by atoms with Gasteiger partial charge < -0.3 is 10.6 Å². The minimum absolute atomic E-state index is 0.143. The Morgan fingerprint density at radius 2 is 2.27 bits per heavy atom. The molecule has 2 aliphatic rings. The molecule has 2 rings (SSSR count). The zero-order valence-electron chi connectivity index (χ0n) is 9.49. The van der Waals surface area contributed by atoms with Crippen LogP contribution in [-0.4, -0.2) is 28.9 Å². The molecule has 1 aliphatic heterocycles. The predicted octanol–water partition coefficient (Wildman–Crippen LogP) is 1.75. The van der Waals surface area contributed by atoms with Crippen LogP contribution in [0.25, 0.3) is 0 Å². The van der Waals surface area contributed by atoms with E-state index in [1.165, 1.54) is 12.8 Å². The third kappa shape index (κ3) is 1.73. The quantitative estimate of drug-likeness (QED) is 0.766. The van der Waals surface area contributed by atoms with Crippen molar-refractivity contribution in [3.63, 3.8) is 0 Å². The molecule has 4 nitrogen and oxygen atoms in total. The van der Waals surface area contributed by atoms with Gasteiger partial charge in [-0.1, -0.05) is 13.3 Å². The van der Waals surface area contributed by atoms with Crippen molar-refractivity contribution >= 4 is 11.9 Å². The van der Waals surface area contributed by atoms with Crippen LogP contribution in [0, 0.1) is 5.92 Å². The summed E-state index contributed by atoms with van der Waals surface area (Å²) < 4.78 is 0. The molecule has 1 unspecified atom stereocenters. The molecule has 0 bridgehead atoms. The first-order valence-electron chi connectivity index (χ1n) is 5.74. The Morgan fingerprint density at radius 3 is 2.80 bits per heavy atom. The van der Waals surface area contributed by atoms with Crippen LogP contribution in [0.1, 0.15) is 39.5 Å². The Hall–Kier alpha value is -1.06. The number of carbonyl (C=O) groups is 1. The highest BCUT2D eigenvalue weighted by Crippen LogP contribution is 2.35. The van der Waals surface area contributed by atoms with Crippen molar-refractivity contribution in [2.75, 3.05) is 6.54 Å². The number of nitrogens with zero attached hydrogens (tertiary/aromatic N) is 2. The molecule has 0 aromatic rings. The third-order valence-electron chi connectivity index (χ3n) is 3.47. The maximum absolute atomic E-state index is 11.7. The Labute approximate surface area is 90.5 Å².